The summed E-state index contributed by atoms with van der Waals surface area (Å²) in [5.41, 5.74) is 1.70. The number of nitrogens with one attached hydrogen (secondary N) is 1. The van der Waals surface area contributed by atoms with E-state index in [2.05, 4.69) is 20.5 Å². The molecule has 3 heterocycles. The molecule has 3 aromatic rings. The first-order valence-corrected chi connectivity index (χ1v) is 12.3. The molecule has 1 fully saturated rings. The first-order valence-electron chi connectivity index (χ1n) is 11.3. The molecular formula is C24H28N6O3S. The molecule has 2 aromatic heterocycles. The third-order valence-electron chi connectivity index (χ3n) is 5.61. The monoisotopic (exact) mass is 480 g/mol. The number of amides is 2. The topological polar surface area (TPSA) is 102 Å². The van der Waals surface area contributed by atoms with Crippen LogP contribution in [0, 0.1) is 0 Å². The minimum Gasteiger partial charge on any atom is -0.496 e. The molecule has 34 heavy (non-hydrogen) atoms. The molecule has 178 valence electrons. The maximum absolute atomic E-state index is 12.5. The molecule has 0 spiro atoms. The molecule has 1 aliphatic rings. The van der Waals surface area contributed by atoms with Crippen molar-refractivity contribution in [3.63, 3.8) is 0 Å². The predicted molar refractivity (Wildman–Crippen MR) is 129 cm³/mol. The van der Waals surface area contributed by atoms with Gasteiger partial charge in [0.25, 0.3) is 0 Å². The van der Waals surface area contributed by atoms with Gasteiger partial charge in [0.15, 0.2) is 11.0 Å². The molecule has 0 bridgehead atoms. The number of hydrogen-bond acceptors (Lipinski definition) is 7. The molecule has 9 nitrogen and oxygen atoms in total. The summed E-state index contributed by atoms with van der Waals surface area (Å²) >= 11 is 1.30. The van der Waals surface area contributed by atoms with Crippen molar-refractivity contribution in [2.24, 2.45) is 0 Å². The zero-order valence-electron chi connectivity index (χ0n) is 19.1. The van der Waals surface area contributed by atoms with Gasteiger partial charge in [0, 0.05) is 31.3 Å². The van der Waals surface area contributed by atoms with Crippen LogP contribution in [0.2, 0.25) is 0 Å². The highest BCUT2D eigenvalue weighted by atomic mass is 32.2. The Labute approximate surface area is 202 Å². The van der Waals surface area contributed by atoms with E-state index in [1.165, 1.54) is 11.8 Å². The van der Waals surface area contributed by atoms with Crippen LogP contribution in [0.5, 0.6) is 5.75 Å². The van der Waals surface area contributed by atoms with Gasteiger partial charge in [-0.25, -0.2) is 0 Å². The van der Waals surface area contributed by atoms with Gasteiger partial charge in [-0.05, 0) is 31.0 Å². The van der Waals surface area contributed by atoms with Crippen LogP contribution in [0.1, 0.15) is 37.1 Å². The number of carbonyl (C=O) groups excluding carboxylic acids is 2. The van der Waals surface area contributed by atoms with Gasteiger partial charge in [-0.3, -0.25) is 19.1 Å². The Hall–Kier alpha value is -3.40. The zero-order valence-corrected chi connectivity index (χ0v) is 20.0. The Balaban J connectivity index is 1.46. The number of para-hydroxylation sites is 1. The molecular weight excluding hydrogens is 452 g/mol. The van der Waals surface area contributed by atoms with E-state index >= 15 is 0 Å². The second-order valence-corrected chi connectivity index (χ2v) is 8.89. The number of nitrogens with zero attached hydrogens (tertiary/aromatic N) is 5. The molecule has 1 saturated heterocycles. The van der Waals surface area contributed by atoms with Crippen LogP contribution < -0.4 is 10.1 Å². The number of ether oxygens (including phenoxy) is 1. The zero-order chi connectivity index (χ0) is 23.8. The largest absolute Gasteiger partial charge is 0.496 e. The van der Waals surface area contributed by atoms with E-state index in [0.717, 1.165) is 36.3 Å². The van der Waals surface area contributed by atoms with E-state index in [1.807, 2.05) is 45.9 Å². The Morgan fingerprint density at radius 2 is 2.03 bits per heavy atom. The highest BCUT2D eigenvalue weighted by molar-refractivity contribution is 7.99. The highest BCUT2D eigenvalue weighted by Gasteiger charge is 2.22. The molecule has 0 atom stereocenters. The predicted octanol–water partition coefficient (Wildman–Crippen LogP) is 2.98. The summed E-state index contributed by atoms with van der Waals surface area (Å²) in [4.78, 5) is 31.1. The number of rotatable bonds is 9. The summed E-state index contributed by atoms with van der Waals surface area (Å²) < 4.78 is 7.22. The van der Waals surface area contributed by atoms with Crippen molar-refractivity contribution in [1.82, 2.24) is 30.0 Å². The van der Waals surface area contributed by atoms with Gasteiger partial charge < -0.3 is 15.0 Å². The summed E-state index contributed by atoms with van der Waals surface area (Å²) in [6.45, 7) is 1.47. The number of benzene rings is 1. The van der Waals surface area contributed by atoms with Gasteiger partial charge in [-0.15, -0.1) is 10.2 Å². The van der Waals surface area contributed by atoms with Crippen LogP contribution >= 0.6 is 11.8 Å². The number of pyridine rings is 1. The fourth-order valence-corrected chi connectivity index (χ4v) is 4.64. The summed E-state index contributed by atoms with van der Waals surface area (Å²) in [5, 5.41) is 12.2. The van der Waals surface area contributed by atoms with Gasteiger partial charge in [0.2, 0.25) is 11.8 Å². The Bertz CT molecular complexity index is 1120. The van der Waals surface area contributed by atoms with Gasteiger partial charge >= 0.3 is 0 Å². The fourth-order valence-electron chi connectivity index (χ4n) is 3.84. The van der Waals surface area contributed by atoms with Gasteiger partial charge in [0.1, 0.15) is 5.75 Å². The first-order chi connectivity index (χ1) is 16.7. The molecule has 10 heteroatoms. The number of likely N-dealkylation sites (tertiary alicyclic amines) is 1. The van der Waals surface area contributed by atoms with E-state index in [1.54, 1.807) is 19.5 Å². The van der Waals surface area contributed by atoms with Crippen molar-refractivity contribution in [3.8, 4) is 11.4 Å². The molecule has 1 aromatic carbocycles. The molecule has 0 saturated carbocycles. The normalized spacial score (nSPS) is 14.0. The first kappa shape index (κ1) is 23.7. The SMILES string of the molecule is COc1ccccc1CNC(=O)CSc1nnc(CN2CCCCCC2=O)n1-c1cccnc1. The van der Waals surface area contributed by atoms with Crippen LogP contribution in [0.3, 0.4) is 0 Å². The van der Waals surface area contributed by atoms with Crippen LogP contribution in [0.15, 0.2) is 53.9 Å². The van der Waals surface area contributed by atoms with Crippen LogP contribution in [0.4, 0.5) is 0 Å². The molecule has 0 aliphatic carbocycles. The maximum atomic E-state index is 12.5. The van der Waals surface area contributed by atoms with Crippen LogP contribution in [0.25, 0.3) is 5.69 Å². The second kappa shape index (κ2) is 11.6. The molecule has 0 radical (unpaired) electrons. The summed E-state index contributed by atoms with van der Waals surface area (Å²) in [5.74, 6) is 1.58. The molecule has 1 N–H and O–H groups in total. The quantitative estimate of drug-likeness (QED) is 0.470. The van der Waals surface area contributed by atoms with Crippen molar-refractivity contribution in [3.05, 3.63) is 60.2 Å². The maximum Gasteiger partial charge on any atom is 0.230 e. The van der Waals surface area contributed by atoms with Crippen LogP contribution in [-0.4, -0.2) is 55.9 Å². The smallest absolute Gasteiger partial charge is 0.230 e. The van der Waals surface area contributed by atoms with Crippen molar-refractivity contribution in [2.45, 2.75) is 43.9 Å². The average molecular weight is 481 g/mol. The number of thioether (sulfide) groups is 1. The summed E-state index contributed by atoms with van der Waals surface area (Å²) in [6.07, 6.45) is 6.96. The number of hydrogen-bond donors (Lipinski definition) is 1. The number of aromatic nitrogens is 4. The fraction of sp³-hybridized carbons (Fsp3) is 0.375. The Morgan fingerprint density at radius 3 is 2.85 bits per heavy atom. The standard InChI is InChI=1S/C24H28N6O3S/c1-33-20-10-5-4-8-18(20)14-26-22(31)17-34-24-28-27-21(30(24)19-9-7-12-25-15-19)16-29-13-6-2-3-11-23(29)32/h4-5,7-10,12,15H,2-3,6,11,13-14,16-17H2,1H3,(H,26,31). The van der Waals surface area contributed by atoms with Crippen molar-refractivity contribution in [2.75, 3.05) is 19.4 Å². The molecule has 2 amide bonds. The third-order valence-corrected chi connectivity index (χ3v) is 6.54. The van der Waals surface area contributed by atoms with E-state index in [4.69, 9.17) is 4.74 Å². The summed E-state index contributed by atoms with van der Waals surface area (Å²) in [6, 6.07) is 11.3. The number of carbonyl (C=O) groups is 2. The van der Waals surface area contributed by atoms with Crippen LogP contribution in [-0.2, 0) is 22.7 Å². The lowest BCUT2D eigenvalue weighted by Crippen LogP contribution is -2.31. The Kier molecular flexibility index (Phi) is 8.13. The minimum atomic E-state index is -0.124. The van der Waals surface area contributed by atoms with E-state index in [9.17, 15) is 9.59 Å². The molecule has 1 aliphatic heterocycles. The lowest BCUT2D eigenvalue weighted by Gasteiger charge is -2.20. The minimum absolute atomic E-state index is 0.124. The lowest BCUT2D eigenvalue weighted by atomic mass is 10.2. The van der Waals surface area contributed by atoms with Gasteiger partial charge in [-0.2, -0.15) is 0 Å². The van der Waals surface area contributed by atoms with E-state index in [0.29, 0.717) is 37.0 Å². The van der Waals surface area contributed by atoms with Crippen molar-refractivity contribution in [1.29, 1.82) is 0 Å². The second-order valence-electron chi connectivity index (χ2n) is 7.95. The number of methoxy groups -OCH3 is 1. The van der Waals surface area contributed by atoms with Crippen molar-refractivity contribution >= 4 is 23.6 Å². The molecule has 0 unspecified atom stereocenters. The summed E-state index contributed by atoms with van der Waals surface area (Å²) in [7, 11) is 1.61. The molecule has 4 rings (SSSR count). The third kappa shape index (κ3) is 5.93. The van der Waals surface area contributed by atoms with Crippen molar-refractivity contribution < 1.29 is 14.3 Å². The highest BCUT2D eigenvalue weighted by Crippen LogP contribution is 2.24. The average Bonchev–Trinajstić information content (AvgIpc) is 3.16. The lowest BCUT2D eigenvalue weighted by molar-refractivity contribution is -0.131. The Morgan fingerprint density at radius 1 is 1.15 bits per heavy atom. The van der Waals surface area contributed by atoms with E-state index < -0.39 is 0 Å². The van der Waals surface area contributed by atoms with Gasteiger partial charge in [0.05, 0.1) is 31.3 Å². The van der Waals surface area contributed by atoms with E-state index in [-0.39, 0.29) is 17.6 Å². The van der Waals surface area contributed by atoms with Gasteiger partial charge in [-0.1, -0.05) is 36.4 Å².